The van der Waals surface area contributed by atoms with Gasteiger partial charge in [0.25, 0.3) is 0 Å². The molecule has 1 aromatic heterocycles. The predicted molar refractivity (Wildman–Crippen MR) is 106 cm³/mol. The molecule has 0 aliphatic rings. The van der Waals surface area contributed by atoms with E-state index >= 15 is 0 Å². The van der Waals surface area contributed by atoms with Crippen molar-refractivity contribution in [1.82, 2.24) is 14.9 Å². The van der Waals surface area contributed by atoms with E-state index in [2.05, 4.69) is 20.8 Å². The largest absolute Gasteiger partial charge is 0.504 e. The molecule has 0 amide bonds. The molecule has 0 aliphatic carbocycles. The summed E-state index contributed by atoms with van der Waals surface area (Å²) in [4.78, 5) is 0. The van der Waals surface area contributed by atoms with Gasteiger partial charge in [-0.1, -0.05) is 6.07 Å². The second-order valence-electron chi connectivity index (χ2n) is 5.40. The Kier molecular flexibility index (Phi) is 5.72. The van der Waals surface area contributed by atoms with Crippen molar-refractivity contribution in [2.24, 2.45) is 5.10 Å². The van der Waals surface area contributed by atoms with Crippen LogP contribution in [-0.4, -0.2) is 39.9 Å². The highest BCUT2D eigenvalue weighted by molar-refractivity contribution is 7.71. The molecule has 3 aromatic rings. The second-order valence-corrected chi connectivity index (χ2v) is 5.79. The molecule has 0 bridgehead atoms. The van der Waals surface area contributed by atoms with Crippen molar-refractivity contribution in [2.45, 2.75) is 6.92 Å². The van der Waals surface area contributed by atoms with Gasteiger partial charge in [-0.05, 0) is 55.5 Å². The third-order valence-corrected chi connectivity index (χ3v) is 3.98. The van der Waals surface area contributed by atoms with E-state index < -0.39 is 0 Å². The number of phenolic OH excluding ortho intramolecular Hbond substituents is 1. The van der Waals surface area contributed by atoms with Gasteiger partial charge in [0.15, 0.2) is 17.3 Å². The van der Waals surface area contributed by atoms with Gasteiger partial charge >= 0.3 is 0 Å². The first kappa shape index (κ1) is 18.5. The number of hydrazone groups is 1. The van der Waals surface area contributed by atoms with E-state index in [9.17, 15) is 5.11 Å². The van der Waals surface area contributed by atoms with Crippen LogP contribution in [-0.2, 0) is 0 Å². The van der Waals surface area contributed by atoms with E-state index in [0.29, 0.717) is 28.5 Å². The average Bonchev–Trinajstić information content (AvgIpc) is 3.05. The number of hydrogen-bond donors (Lipinski definition) is 3. The van der Waals surface area contributed by atoms with Crippen LogP contribution in [0.2, 0.25) is 0 Å². The van der Waals surface area contributed by atoms with Crippen LogP contribution in [0.1, 0.15) is 12.5 Å². The molecule has 3 N–H and O–H groups in total. The van der Waals surface area contributed by atoms with Crippen molar-refractivity contribution < 1.29 is 14.6 Å². The Labute approximate surface area is 161 Å². The molecule has 0 fully saturated rings. The number of aromatic nitrogens is 3. The summed E-state index contributed by atoms with van der Waals surface area (Å²) in [5.41, 5.74) is 4.15. The molecule has 0 saturated carbocycles. The van der Waals surface area contributed by atoms with Crippen molar-refractivity contribution >= 4 is 18.4 Å². The van der Waals surface area contributed by atoms with E-state index in [1.807, 2.05) is 31.2 Å². The maximum absolute atomic E-state index is 10.1. The summed E-state index contributed by atoms with van der Waals surface area (Å²) in [5, 5.41) is 21.2. The maximum atomic E-state index is 10.1. The number of benzene rings is 2. The van der Waals surface area contributed by atoms with Gasteiger partial charge < -0.3 is 14.6 Å². The molecule has 0 radical (unpaired) electrons. The van der Waals surface area contributed by atoms with Gasteiger partial charge in [0, 0.05) is 11.1 Å². The fourth-order valence-corrected chi connectivity index (χ4v) is 2.59. The Morgan fingerprint density at radius 3 is 2.78 bits per heavy atom. The van der Waals surface area contributed by atoms with E-state index in [0.717, 1.165) is 11.3 Å². The van der Waals surface area contributed by atoms with Crippen molar-refractivity contribution in [1.29, 1.82) is 0 Å². The van der Waals surface area contributed by atoms with Gasteiger partial charge in [-0.15, -0.1) is 0 Å². The molecule has 0 aliphatic heterocycles. The number of ether oxygens (including phenoxy) is 2. The van der Waals surface area contributed by atoms with Crippen LogP contribution in [0, 0.1) is 4.77 Å². The molecule has 9 heteroatoms. The van der Waals surface area contributed by atoms with Gasteiger partial charge in [-0.2, -0.15) is 14.9 Å². The lowest BCUT2D eigenvalue weighted by molar-refractivity contribution is 0.340. The number of H-pyrrole nitrogens is 1. The van der Waals surface area contributed by atoms with E-state index in [1.54, 1.807) is 18.2 Å². The Hall–Kier alpha value is -3.33. The normalized spacial score (nSPS) is 10.9. The lowest BCUT2D eigenvalue weighted by atomic mass is 10.2. The number of methoxy groups -OCH3 is 1. The number of phenols is 1. The number of nitrogens with one attached hydrogen (secondary N) is 2. The predicted octanol–water partition coefficient (Wildman–Crippen LogP) is 3.30. The molecule has 8 nitrogen and oxygen atoms in total. The monoisotopic (exact) mass is 385 g/mol. The molecule has 0 saturated heterocycles. The minimum Gasteiger partial charge on any atom is -0.504 e. The van der Waals surface area contributed by atoms with Gasteiger partial charge in [0.2, 0.25) is 4.77 Å². The highest BCUT2D eigenvalue weighted by Crippen LogP contribution is 2.28. The highest BCUT2D eigenvalue weighted by Gasteiger charge is 2.09. The number of aromatic amines is 1. The first-order chi connectivity index (χ1) is 13.1. The fourth-order valence-electron chi connectivity index (χ4n) is 2.41. The van der Waals surface area contributed by atoms with Gasteiger partial charge in [-0.3, -0.25) is 0 Å². The Balaban J connectivity index is 1.82. The quantitative estimate of drug-likeness (QED) is 0.328. The molecule has 2 aromatic carbocycles. The Morgan fingerprint density at radius 2 is 2.07 bits per heavy atom. The van der Waals surface area contributed by atoms with E-state index in [-0.39, 0.29) is 5.75 Å². The third-order valence-electron chi connectivity index (χ3n) is 3.71. The van der Waals surface area contributed by atoms with E-state index in [1.165, 1.54) is 18.0 Å². The number of nitrogens with zero attached hydrogens (tertiary/aromatic N) is 3. The maximum Gasteiger partial charge on any atom is 0.216 e. The number of aromatic hydroxyl groups is 1. The van der Waals surface area contributed by atoms with Gasteiger partial charge in [0.05, 0.1) is 19.9 Å². The second kappa shape index (κ2) is 8.37. The number of rotatable bonds is 7. The number of hydrogen-bond acceptors (Lipinski definition) is 7. The summed E-state index contributed by atoms with van der Waals surface area (Å²) >= 11 is 5.25. The zero-order valence-corrected chi connectivity index (χ0v) is 15.7. The lowest BCUT2D eigenvalue weighted by Crippen LogP contribution is -2.10. The van der Waals surface area contributed by atoms with Crippen LogP contribution < -0.4 is 15.0 Å². The summed E-state index contributed by atoms with van der Waals surface area (Å²) in [7, 11) is 1.49. The topological polar surface area (TPSA) is 96.7 Å². The zero-order chi connectivity index (χ0) is 19.2. The van der Waals surface area contributed by atoms with Crippen molar-refractivity contribution in [3.8, 4) is 28.6 Å². The van der Waals surface area contributed by atoms with Gasteiger partial charge in [0.1, 0.15) is 5.75 Å². The summed E-state index contributed by atoms with van der Waals surface area (Å²) in [6.07, 6.45) is 1.47. The zero-order valence-electron chi connectivity index (χ0n) is 14.8. The van der Waals surface area contributed by atoms with Gasteiger partial charge in [-0.25, -0.2) is 10.6 Å². The molecule has 0 unspecified atom stereocenters. The summed E-state index contributed by atoms with van der Waals surface area (Å²) in [6.45, 7) is 2.53. The highest BCUT2D eigenvalue weighted by atomic mass is 32.1. The summed E-state index contributed by atoms with van der Waals surface area (Å²) in [6, 6.07) is 12.6. The molecular weight excluding hydrogens is 366 g/mol. The molecule has 3 rings (SSSR count). The molecule has 1 heterocycles. The summed E-state index contributed by atoms with van der Waals surface area (Å²) < 4.78 is 12.4. The average molecular weight is 385 g/mol. The van der Waals surface area contributed by atoms with Crippen molar-refractivity contribution in [3.63, 3.8) is 0 Å². The third kappa shape index (κ3) is 4.09. The van der Waals surface area contributed by atoms with Crippen LogP contribution in [0.15, 0.2) is 47.6 Å². The van der Waals surface area contributed by atoms with Crippen LogP contribution in [0.5, 0.6) is 17.2 Å². The molecule has 0 atom stereocenters. The minimum atomic E-state index is 0.00748. The molecule has 140 valence electrons. The Morgan fingerprint density at radius 1 is 1.30 bits per heavy atom. The van der Waals surface area contributed by atoms with Crippen LogP contribution >= 0.6 is 12.2 Å². The smallest absolute Gasteiger partial charge is 0.216 e. The van der Waals surface area contributed by atoms with E-state index in [4.69, 9.17) is 21.7 Å². The lowest BCUT2D eigenvalue weighted by Gasteiger charge is -2.07. The van der Waals surface area contributed by atoms with Crippen LogP contribution in [0.3, 0.4) is 0 Å². The summed E-state index contributed by atoms with van der Waals surface area (Å²) in [5.74, 6) is 1.72. The standard InChI is InChI=1S/C18H19N5O3S/c1-3-26-14-9-7-12(8-10-14)17-20-21-18(27)23(17)22-19-11-13-5-4-6-15(25-2)16(13)24/h4-11,22,24H,3H2,1-2H3,(H,21,27). The van der Waals surface area contributed by atoms with Crippen molar-refractivity contribution in [2.75, 3.05) is 19.3 Å². The van der Waals surface area contributed by atoms with Crippen molar-refractivity contribution in [3.05, 3.63) is 52.8 Å². The molecule has 0 spiro atoms. The number of para-hydroxylation sites is 1. The molecule has 27 heavy (non-hydrogen) atoms. The first-order valence-electron chi connectivity index (χ1n) is 8.19. The van der Waals surface area contributed by atoms with Crippen LogP contribution in [0.4, 0.5) is 0 Å². The minimum absolute atomic E-state index is 0.00748. The van der Waals surface area contributed by atoms with Crippen LogP contribution in [0.25, 0.3) is 11.4 Å². The fraction of sp³-hybridized carbons (Fsp3) is 0.167. The SMILES string of the molecule is CCOc1ccc(-c2n[nH]c(=S)n2NN=Cc2cccc(OC)c2O)cc1. The Bertz CT molecular complexity index is 995. The molecular formula is C18H19N5O3S. The first-order valence-corrected chi connectivity index (χ1v) is 8.60.